The third kappa shape index (κ3) is 3.23. The standard InChI is InChI=1S/C28H34N2OSSi/c1-33(2,3)26-30-17-25(32-26)28(31,19-12-14-29-15-13-19)18-27-16-22(20-8-4-6-10-23(20)27)21-9-5-7-11-24(21)27/h4-11,17,19,22,29,31H,12-16,18H2,1-3H3. The Bertz CT molecular complexity index is 1140. The minimum absolute atomic E-state index is 0.124. The fraction of sp³-hybridized carbons (Fsp3) is 0.464. The molecule has 6 rings (SSSR count). The molecule has 2 bridgehead atoms. The highest BCUT2D eigenvalue weighted by molar-refractivity contribution is 7.25. The van der Waals surface area contributed by atoms with Crippen molar-refractivity contribution in [3.8, 4) is 0 Å². The fourth-order valence-electron chi connectivity index (χ4n) is 6.85. The zero-order valence-corrected chi connectivity index (χ0v) is 21.7. The number of benzene rings is 2. The Kier molecular flexibility index (Phi) is 5.01. The lowest BCUT2D eigenvalue weighted by molar-refractivity contribution is -0.0535. The van der Waals surface area contributed by atoms with E-state index in [1.807, 2.05) is 6.20 Å². The van der Waals surface area contributed by atoms with Gasteiger partial charge in [0.15, 0.2) is 0 Å². The van der Waals surface area contributed by atoms with Crippen LogP contribution in [0.15, 0.2) is 54.7 Å². The molecule has 1 fully saturated rings. The predicted molar refractivity (Wildman–Crippen MR) is 139 cm³/mol. The number of rotatable bonds is 5. The van der Waals surface area contributed by atoms with Crippen LogP contribution < -0.4 is 9.95 Å². The minimum atomic E-state index is -1.54. The summed E-state index contributed by atoms with van der Waals surface area (Å²) < 4.78 is 1.25. The van der Waals surface area contributed by atoms with E-state index in [1.54, 1.807) is 11.3 Å². The Labute approximate surface area is 202 Å². The van der Waals surface area contributed by atoms with Crippen LogP contribution >= 0.6 is 11.3 Å². The van der Waals surface area contributed by atoms with E-state index >= 15 is 0 Å². The minimum Gasteiger partial charge on any atom is -0.384 e. The maximum absolute atomic E-state index is 12.8. The number of hydrogen-bond acceptors (Lipinski definition) is 4. The highest BCUT2D eigenvalue weighted by atomic mass is 32.1. The van der Waals surface area contributed by atoms with Crippen LogP contribution in [0.25, 0.3) is 0 Å². The molecule has 0 saturated carbocycles. The first-order valence-corrected chi connectivity index (χ1v) is 16.7. The molecule has 0 spiro atoms. The van der Waals surface area contributed by atoms with E-state index < -0.39 is 13.7 Å². The summed E-state index contributed by atoms with van der Waals surface area (Å²) in [6.07, 6.45) is 5.89. The van der Waals surface area contributed by atoms with Crippen molar-refractivity contribution in [1.29, 1.82) is 0 Å². The summed E-state index contributed by atoms with van der Waals surface area (Å²) in [5.41, 5.74) is 4.83. The van der Waals surface area contributed by atoms with Crippen molar-refractivity contribution >= 4 is 24.0 Å². The monoisotopic (exact) mass is 474 g/mol. The van der Waals surface area contributed by atoms with Crippen molar-refractivity contribution in [2.24, 2.45) is 5.92 Å². The molecule has 1 unspecified atom stereocenters. The van der Waals surface area contributed by atoms with E-state index in [0.29, 0.717) is 5.92 Å². The highest BCUT2D eigenvalue weighted by Gasteiger charge is 2.57. The van der Waals surface area contributed by atoms with E-state index in [9.17, 15) is 5.11 Å². The van der Waals surface area contributed by atoms with Gasteiger partial charge in [-0.05, 0) is 66.9 Å². The normalized spacial score (nSPS) is 26.1. The molecule has 172 valence electrons. The lowest BCUT2D eigenvalue weighted by atomic mass is 9.64. The Balaban J connectivity index is 1.51. The van der Waals surface area contributed by atoms with Crippen LogP contribution in [0.2, 0.25) is 19.6 Å². The second kappa shape index (κ2) is 7.61. The molecule has 1 saturated heterocycles. The summed E-state index contributed by atoms with van der Waals surface area (Å²) in [5, 5.41) is 16.3. The molecule has 1 aromatic heterocycles. The van der Waals surface area contributed by atoms with Gasteiger partial charge in [-0.3, -0.25) is 4.98 Å². The van der Waals surface area contributed by atoms with Crippen molar-refractivity contribution in [2.45, 2.75) is 62.3 Å². The summed E-state index contributed by atoms with van der Waals surface area (Å²) in [6, 6.07) is 18.0. The van der Waals surface area contributed by atoms with Crippen LogP contribution in [0.1, 0.15) is 58.7 Å². The maximum atomic E-state index is 12.8. The molecule has 1 aliphatic heterocycles. The second-order valence-corrected chi connectivity index (χ2v) is 17.8. The van der Waals surface area contributed by atoms with Crippen molar-refractivity contribution in [3.63, 3.8) is 0 Å². The van der Waals surface area contributed by atoms with E-state index in [1.165, 1.54) is 26.9 Å². The quantitative estimate of drug-likeness (QED) is 0.506. The van der Waals surface area contributed by atoms with Crippen LogP contribution in [0, 0.1) is 5.92 Å². The Morgan fingerprint density at radius 3 is 2.21 bits per heavy atom. The van der Waals surface area contributed by atoms with Crippen LogP contribution in [0.5, 0.6) is 0 Å². The molecule has 2 N–H and O–H groups in total. The van der Waals surface area contributed by atoms with E-state index in [-0.39, 0.29) is 11.3 Å². The molecule has 0 amide bonds. The first-order chi connectivity index (χ1) is 15.8. The Morgan fingerprint density at radius 2 is 1.64 bits per heavy atom. The van der Waals surface area contributed by atoms with Crippen LogP contribution in [0.4, 0.5) is 0 Å². The van der Waals surface area contributed by atoms with E-state index in [0.717, 1.165) is 43.6 Å². The van der Waals surface area contributed by atoms with Gasteiger partial charge in [-0.15, -0.1) is 11.3 Å². The lowest BCUT2D eigenvalue weighted by Crippen LogP contribution is -2.46. The molecule has 1 atom stereocenters. The molecule has 5 heteroatoms. The van der Waals surface area contributed by atoms with Crippen LogP contribution in [-0.4, -0.2) is 31.3 Å². The molecule has 3 nitrogen and oxygen atoms in total. The van der Waals surface area contributed by atoms with Gasteiger partial charge in [-0.25, -0.2) is 0 Å². The number of nitrogens with one attached hydrogen (secondary N) is 1. The summed E-state index contributed by atoms with van der Waals surface area (Å²) in [5.74, 6) is 0.704. The van der Waals surface area contributed by atoms with Gasteiger partial charge in [0.25, 0.3) is 0 Å². The van der Waals surface area contributed by atoms with Gasteiger partial charge in [0.1, 0.15) is 13.7 Å². The number of hydrogen-bond donors (Lipinski definition) is 2. The molecule has 3 aliphatic rings. The fourth-order valence-corrected chi connectivity index (χ4v) is 9.69. The molecular weight excluding hydrogens is 440 g/mol. The SMILES string of the molecule is C[Si](C)(C)c1ncc(C(O)(CC23CC(c4ccccc42)c2ccccc23)C2CCNCC2)s1. The topological polar surface area (TPSA) is 45.2 Å². The van der Waals surface area contributed by atoms with Crippen molar-refractivity contribution in [2.75, 3.05) is 13.1 Å². The number of aliphatic hydroxyl groups is 1. The maximum Gasteiger partial charge on any atom is 0.114 e. The highest BCUT2D eigenvalue weighted by Crippen LogP contribution is 2.64. The molecular formula is C28H34N2OSSi. The van der Waals surface area contributed by atoms with Crippen molar-refractivity contribution < 1.29 is 5.11 Å². The summed E-state index contributed by atoms with van der Waals surface area (Å²) >= 11 is 1.79. The third-order valence-electron chi connectivity index (χ3n) is 8.42. The molecule has 2 heterocycles. The van der Waals surface area contributed by atoms with E-state index in [4.69, 9.17) is 4.98 Å². The zero-order valence-electron chi connectivity index (χ0n) is 19.9. The van der Waals surface area contributed by atoms with Crippen molar-refractivity contribution in [1.82, 2.24) is 10.3 Å². The first kappa shape index (κ1) is 21.7. The summed E-state index contributed by atoms with van der Waals surface area (Å²) in [7, 11) is -1.54. The number of aromatic nitrogens is 1. The molecule has 2 aromatic carbocycles. The number of nitrogens with zero attached hydrogens (tertiary/aromatic N) is 1. The van der Waals surface area contributed by atoms with E-state index in [2.05, 4.69) is 73.5 Å². The average Bonchev–Trinajstić information content (AvgIpc) is 3.52. The number of fused-ring (bicyclic) bond motifs is 8. The predicted octanol–water partition coefficient (Wildman–Crippen LogP) is 5.10. The van der Waals surface area contributed by atoms with Gasteiger partial charge in [0.2, 0.25) is 0 Å². The van der Waals surface area contributed by atoms with Gasteiger partial charge in [-0.1, -0.05) is 68.2 Å². The summed E-state index contributed by atoms with van der Waals surface area (Å²) in [4.78, 5) is 5.96. The molecule has 3 aromatic rings. The van der Waals surface area contributed by atoms with Crippen LogP contribution in [0.3, 0.4) is 0 Å². The largest absolute Gasteiger partial charge is 0.384 e. The first-order valence-electron chi connectivity index (χ1n) is 12.4. The van der Waals surface area contributed by atoms with Gasteiger partial charge in [0, 0.05) is 17.5 Å². The Morgan fingerprint density at radius 1 is 1.03 bits per heavy atom. The summed E-state index contributed by atoms with van der Waals surface area (Å²) in [6.45, 7) is 9.01. The van der Waals surface area contributed by atoms with Crippen molar-refractivity contribution in [3.05, 3.63) is 81.9 Å². The zero-order chi connectivity index (χ0) is 22.8. The molecule has 0 radical (unpaired) electrons. The number of piperidine rings is 1. The Hall–Kier alpha value is -1.79. The molecule has 2 aliphatic carbocycles. The van der Waals surface area contributed by atoms with Gasteiger partial charge < -0.3 is 10.4 Å². The van der Waals surface area contributed by atoms with Crippen LogP contribution in [-0.2, 0) is 11.0 Å². The van der Waals surface area contributed by atoms with Gasteiger partial charge in [0.05, 0.1) is 9.51 Å². The smallest absolute Gasteiger partial charge is 0.114 e. The molecule has 33 heavy (non-hydrogen) atoms. The third-order valence-corrected chi connectivity index (χ3v) is 12.9. The average molecular weight is 475 g/mol. The lowest BCUT2D eigenvalue weighted by Gasteiger charge is -2.44. The van der Waals surface area contributed by atoms with Gasteiger partial charge in [-0.2, -0.15) is 0 Å². The second-order valence-electron chi connectivity index (χ2n) is 11.4. The number of thiazole rings is 1. The van der Waals surface area contributed by atoms with Gasteiger partial charge >= 0.3 is 0 Å².